The largest absolute Gasteiger partial charge is 0.273 e. The van der Waals surface area contributed by atoms with Crippen molar-refractivity contribution in [2.45, 2.75) is 51.9 Å². The molecule has 5 heteroatoms. The molecule has 0 spiro atoms. The van der Waals surface area contributed by atoms with E-state index in [1.54, 1.807) is 11.3 Å². The minimum atomic E-state index is 0.0990. The number of hydrogen-bond acceptors (Lipinski definition) is 3. The molecule has 1 amide bonds. The number of hydrazone groups is 1. The highest BCUT2D eigenvalue weighted by Crippen LogP contribution is 2.61. The monoisotopic (exact) mass is 394 g/mol. The van der Waals surface area contributed by atoms with Gasteiger partial charge >= 0.3 is 0 Å². The highest BCUT2D eigenvalue weighted by atomic mass is 79.9. The van der Waals surface area contributed by atoms with Crippen LogP contribution in [0, 0.1) is 23.2 Å². The molecule has 0 aromatic carbocycles. The Balaban J connectivity index is 1.39. The molecule has 1 heterocycles. The van der Waals surface area contributed by atoms with Crippen LogP contribution in [0.25, 0.3) is 0 Å². The fourth-order valence-corrected chi connectivity index (χ4v) is 6.93. The van der Waals surface area contributed by atoms with E-state index in [2.05, 4.69) is 26.5 Å². The van der Waals surface area contributed by atoms with Gasteiger partial charge in [-0.3, -0.25) is 4.79 Å². The van der Waals surface area contributed by atoms with E-state index < -0.39 is 0 Å². The van der Waals surface area contributed by atoms with Gasteiger partial charge in [-0.05, 0) is 96.7 Å². The van der Waals surface area contributed by atoms with Crippen molar-refractivity contribution in [1.29, 1.82) is 0 Å². The number of nitrogens with zero attached hydrogens (tertiary/aromatic N) is 1. The molecule has 4 bridgehead atoms. The molecule has 3 nitrogen and oxygen atoms in total. The first kappa shape index (κ1) is 15.8. The molecule has 0 aliphatic heterocycles. The van der Waals surface area contributed by atoms with Gasteiger partial charge in [0.2, 0.25) is 5.91 Å². The third-order valence-electron chi connectivity index (χ3n) is 5.98. The smallest absolute Gasteiger partial charge is 0.240 e. The van der Waals surface area contributed by atoms with Crippen LogP contribution in [-0.2, 0) is 4.79 Å². The van der Waals surface area contributed by atoms with E-state index in [1.807, 2.05) is 19.1 Å². The first-order valence-corrected chi connectivity index (χ1v) is 10.2. The predicted molar refractivity (Wildman–Crippen MR) is 97.6 cm³/mol. The molecular weight excluding hydrogens is 372 g/mol. The second kappa shape index (κ2) is 5.99. The molecule has 0 atom stereocenters. The summed E-state index contributed by atoms with van der Waals surface area (Å²) in [5.41, 5.74) is 3.97. The van der Waals surface area contributed by atoms with Gasteiger partial charge in [-0.15, -0.1) is 11.3 Å². The van der Waals surface area contributed by atoms with E-state index >= 15 is 0 Å². The van der Waals surface area contributed by atoms with Crippen molar-refractivity contribution in [1.82, 2.24) is 5.43 Å². The van der Waals surface area contributed by atoms with Gasteiger partial charge in [0.15, 0.2) is 0 Å². The zero-order chi connectivity index (χ0) is 16.0. The first-order valence-electron chi connectivity index (χ1n) is 8.60. The third kappa shape index (κ3) is 3.27. The molecule has 4 fully saturated rings. The summed E-state index contributed by atoms with van der Waals surface area (Å²) in [6, 6.07) is 4.04. The number of halogens is 1. The number of hydrogen-bond donors (Lipinski definition) is 1. The lowest BCUT2D eigenvalue weighted by Crippen LogP contribution is -2.47. The van der Waals surface area contributed by atoms with Gasteiger partial charge in [0.1, 0.15) is 0 Å². The van der Waals surface area contributed by atoms with E-state index in [1.165, 1.54) is 38.5 Å². The molecule has 23 heavy (non-hydrogen) atoms. The van der Waals surface area contributed by atoms with E-state index in [4.69, 9.17) is 0 Å². The zero-order valence-electron chi connectivity index (χ0n) is 13.5. The Labute approximate surface area is 150 Å². The maximum absolute atomic E-state index is 12.4. The highest BCUT2D eigenvalue weighted by molar-refractivity contribution is 9.11. The molecule has 124 valence electrons. The average Bonchev–Trinajstić information content (AvgIpc) is 2.89. The van der Waals surface area contributed by atoms with E-state index in [0.29, 0.717) is 6.42 Å². The predicted octanol–water partition coefficient (Wildman–Crippen LogP) is 4.96. The topological polar surface area (TPSA) is 41.5 Å². The second-order valence-corrected chi connectivity index (χ2v) is 10.4. The molecule has 0 saturated heterocycles. The number of thiophene rings is 1. The van der Waals surface area contributed by atoms with Gasteiger partial charge in [0.05, 0.1) is 14.4 Å². The lowest BCUT2D eigenvalue weighted by Gasteiger charge is -2.56. The van der Waals surface area contributed by atoms with Crippen molar-refractivity contribution in [2.75, 3.05) is 0 Å². The summed E-state index contributed by atoms with van der Waals surface area (Å²) < 4.78 is 1.09. The van der Waals surface area contributed by atoms with Crippen molar-refractivity contribution >= 4 is 38.9 Å². The third-order valence-corrected chi connectivity index (χ3v) is 7.71. The Hall–Kier alpha value is -0.680. The van der Waals surface area contributed by atoms with Crippen molar-refractivity contribution in [3.63, 3.8) is 0 Å². The van der Waals surface area contributed by atoms with Gasteiger partial charge in [0.25, 0.3) is 0 Å². The summed E-state index contributed by atoms with van der Waals surface area (Å²) in [5.74, 6) is 2.77. The second-order valence-electron chi connectivity index (χ2n) is 7.93. The fraction of sp³-hybridized carbons (Fsp3) is 0.667. The van der Waals surface area contributed by atoms with E-state index in [9.17, 15) is 4.79 Å². The van der Waals surface area contributed by atoms with Crippen molar-refractivity contribution in [3.05, 3.63) is 20.8 Å². The van der Waals surface area contributed by atoms with Gasteiger partial charge in [0, 0.05) is 6.42 Å². The lowest BCUT2D eigenvalue weighted by atomic mass is 9.49. The van der Waals surface area contributed by atoms with Gasteiger partial charge in [-0.25, -0.2) is 5.43 Å². The molecule has 4 aliphatic rings. The minimum Gasteiger partial charge on any atom is -0.273 e. The molecule has 1 aromatic heterocycles. The molecule has 0 radical (unpaired) electrons. The summed E-state index contributed by atoms with van der Waals surface area (Å²) in [7, 11) is 0. The Kier molecular flexibility index (Phi) is 4.12. The van der Waals surface area contributed by atoms with Crippen molar-refractivity contribution in [2.24, 2.45) is 28.3 Å². The van der Waals surface area contributed by atoms with Gasteiger partial charge < -0.3 is 0 Å². The van der Waals surface area contributed by atoms with E-state index in [-0.39, 0.29) is 11.3 Å². The quantitative estimate of drug-likeness (QED) is 0.568. The van der Waals surface area contributed by atoms with Crippen LogP contribution in [0.3, 0.4) is 0 Å². The average molecular weight is 395 g/mol. The number of nitrogens with one attached hydrogen (secondary N) is 1. The first-order chi connectivity index (χ1) is 11.0. The summed E-state index contributed by atoms with van der Waals surface area (Å²) >= 11 is 5.10. The zero-order valence-corrected chi connectivity index (χ0v) is 15.9. The van der Waals surface area contributed by atoms with Gasteiger partial charge in [-0.1, -0.05) is 0 Å². The summed E-state index contributed by atoms with van der Waals surface area (Å²) in [4.78, 5) is 13.5. The molecule has 1 aromatic rings. The fourth-order valence-electron chi connectivity index (χ4n) is 5.60. The van der Waals surface area contributed by atoms with Crippen LogP contribution in [0.1, 0.15) is 56.7 Å². The molecule has 1 N–H and O–H groups in total. The van der Waals surface area contributed by atoms with Crippen LogP contribution in [0.2, 0.25) is 0 Å². The molecule has 4 aliphatic carbocycles. The van der Waals surface area contributed by atoms with Crippen LogP contribution in [0.15, 0.2) is 21.0 Å². The molecule has 0 unspecified atom stereocenters. The molecule has 5 rings (SSSR count). The van der Waals surface area contributed by atoms with Crippen molar-refractivity contribution in [3.8, 4) is 0 Å². The Bertz CT molecular complexity index is 616. The number of amides is 1. The SMILES string of the molecule is C/C(=N/NC(=O)CC12CC3CC(CC(C3)C1)C2)c1ccc(Br)s1. The summed E-state index contributed by atoms with van der Waals surface area (Å²) in [6.07, 6.45) is 8.75. The summed E-state index contributed by atoms with van der Waals surface area (Å²) in [6.45, 7) is 1.95. The normalized spacial score (nSPS) is 35.6. The number of rotatable bonds is 4. The van der Waals surface area contributed by atoms with Crippen LogP contribution in [0.5, 0.6) is 0 Å². The Morgan fingerprint density at radius 1 is 1.26 bits per heavy atom. The Morgan fingerprint density at radius 2 is 1.87 bits per heavy atom. The van der Waals surface area contributed by atoms with Crippen LogP contribution < -0.4 is 5.43 Å². The minimum absolute atomic E-state index is 0.0990. The standard InChI is InChI=1S/C18H23BrN2OS/c1-11(15-2-3-16(19)23-15)20-21-17(22)10-18-7-12-4-13(8-18)6-14(5-12)9-18/h2-3,12-14H,4-10H2,1H3,(H,21,22)/b20-11-. The van der Waals surface area contributed by atoms with Gasteiger partial charge in [-0.2, -0.15) is 5.10 Å². The molecule has 4 saturated carbocycles. The number of carbonyl (C=O) groups excluding carboxylic acids is 1. The molecular formula is C18H23BrN2OS. The van der Waals surface area contributed by atoms with Crippen molar-refractivity contribution < 1.29 is 4.79 Å². The maximum Gasteiger partial charge on any atom is 0.240 e. The Morgan fingerprint density at radius 3 is 2.39 bits per heavy atom. The summed E-state index contributed by atoms with van der Waals surface area (Å²) in [5, 5.41) is 4.31. The lowest BCUT2D eigenvalue weighted by molar-refractivity contribution is -0.129. The van der Waals surface area contributed by atoms with E-state index in [0.717, 1.165) is 32.1 Å². The maximum atomic E-state index is 12.4. The van der Waals surface area contributed by atoms with Crippen LogP contribution in [0.4, 0.5) is 0 Å². The van der Waals surface area contributed by atoms with Crippen LogP contribution >= 0.6 is 27.3 Å². The highest BCUT2D eigenvalue weighted by Gasteiger charge is 2.51. The number of carbonyl (C=O) groups is 1. The van der Waals surface area contributed by atoms with Crippen LogP contribution in [-0.4, -0.2) is 11.6 Å².